The summed E-state index contributed by atoms with van der Waals surface area (Å²) >= 11 is 6.10. The lowest BCUT2D eigenvalue weighted by Crippen LogP contribution is -2.24. The molecule has 4 rings (SSSR count). The third kappa shape index (κ3) is 6.55. The highest BCUT2D eigenvalue weighted by molar-refractivity contribution is 6.33. The van der Waals surface area contributed by atoms with Crippen LogP contribution in [0.2, 0.25) is 5.02 Å². The molecule has 1 amide bonds. The van der Waals surface area contributed by atoms with E-state index in [9.17, 15) is 4.79 Å². The number of benzene rings is 3. The van der Waals surface area contributed by atoms with Gasteiger partial charge in [-0.1, -0.05) is 48.4 Å². The molecule has 0 aliphatic carbocycles. The lowest BCUT2D eigenvalue weighted by molar-refractivity contribution is 0.0953. The molecule has 0 radical (unpaired) electrons. The SMILES string of the molecule is COc1cccc(OCCn2c(CCCCCNC(=O)c3ccccc3Cl)nc3ccccc32)c1. The third-order valence-electron chi connectivity index (χ3n) is 5.84. The molecule has 1 N–H and O–H groups in total. The van der Waals surface area contributed by atoms with Gasteiger partial charge in [0.1, 0.15) is 23.9 Å². The Morgan fingerprint density at radius 1 is 0.971 bits per heavy atom. The molecule has 3 aromatic carbocycles. The highest BCUT2D eigenvalue weighted by Gasteiger charge is 2.11. The van der Waals surface area contributed by atoms with Gasteiger partial charge < -0.3 is 19.4 Å². The van der Waals surface area contributed by atoms with Gasteiger partial charge in [-0.3, -0.25) is 4.79 Å². The summed E-state index contributed by atoms with van der Waals surface area (Å²) in [4.78, 5) is 17.1. The topological polar surface area (TPSA) is 65.4 Å². The highest BCUT2D eigenvalue weighted by atomic mass is 35.5. The Bertz CT molecular complexity index is 1270. The summed E-state index contributed by atoms with van der Waals surface area (Å²) in [6, 6.07) is 22.9. The Morgan fingerprint density at radius 2 is 1.77 bits per heavy atom. The average Bonchev–Trinajstić information content (AvgIpc) is 3.23. The van der Waals surface area contributed by atoms with Gasteiger partial charge in [-0.05, 0) is 49.2 Å². The number of carbonyl (C=O) groups is 1. The second-order valence-corrected chi connectivity index (χ2v) is 8.65. The molecule has 6 nitrogen and oxygen atoms in total. The molecule has 0 saturated heterocycles. The minimum Gasteiger partial charge on any atom is -0.497 e. The van der Waals surface area contributed by atoms with Crippen LogP contribution in [0.25, 0.3) is 11.0 Å². The van der Waals surface area contributed by atoms with Crippen molar-refractivity contribution in [3.8, 4) is 11.5 Å². The molecule has 0 aliphatic heterocycles. The van der Waals surface area contributed by atoms with Crippen molar-refractivity contribution in [3.05, 3.63) is 89.2 Å². The van der Waals surface area contributed by atoms with Crippen molar-refractivity contribution in [1.82, 2.24) is 14.9 Å². The molecule has 7 heteroatoms. The standard InChI is InChI=1S/C28H30ClN3O3/c1-34-21-10-9-11-22(20-21)35-19-18-32-26-15-7-6-14-25(26)31-27(32)16-3-2-8-17-30-28(33)23-12-4-5-13-24(23)29/h4-7,9-15,20H,2-3,8,16-19H2,1H3,(H,30,33). The van der Waals surface area contributed by atoms with Crippen LogP contribution < -0.4 is 14.8 Å². The summed E-state index contributed by atoms with van der Waals surface area (Å²) in [6.07, 6.45) is 3.75. The first-order valence-corrected chi connectivity index (χ1v) is 12.3. The molecular weight excluding hydrogens is 462 g/mol. The molecule has 35 heavy (non-hydrogen) atoms. The number of ether oxygens (including phenoxy) is 2. The summed E-state index contributed by atoms with van der Waals surface area (Å²) in [5.41, 5.74) is 2.62. The van der Waals surface area contributed by atoms with Crippen LogP contribution in [0.4, 0.5) is 0 Å². The number of para-hydroxylation sites is 2. The quantitative estimate of drug-likeness (QED) is 0.250. The van der Waals surface area contributed by atoms with Gasteiger partial charge >= 0.3 is 0 Å². The first-order chi connectivity index (χ1) is 17.2. The molecule has 0 fully saturated rings. The summed E-state index contributed by atoms with van der Waals surface area (Å²) in [5.74, 6) is 2.49. The molecule has 0 unspecified atom stereocenters. The Kier molecular flexibility index (Phi) is 8.63. The lowest BCUT2D eigenvalue weighted by Gasteiger charge is -2.12. The number of amides is 1. The molecule has 0 saturated carbocycles. The van der Waals surface area contributed by atoms with Gasteiger partial charge in [0.05, 0.1) is 35.3 Å². The molecule has 182 valence electrons. The number of rotatable bonds is 12. The van der Waals surface area contributed by atoms with Crippen LogP contribution in [0, 0.1) is 0 Å². The number of aromatic nitrogens is 2. The third-order valence-corrected chi connectivity index (χ3v) is 6.17. The fraction of sp³-hybridized carbons (Fsp3) is 0.286. The molecule has 1 aromatic heterocycles. The van der Waals surface area contributed by atoms with Crippen LogP contribution in [-0.4, -0.2) is 35.7 Å². The van der Waals surface area contributed by atoms with Crippen LogP contribution in [0.1, 0.15) is 35.4 Å². The maximum atomic E-state index is 12.3. The number of carbonyl (C=O) groups excluding carboxylic acids is 1. The second kappa shape index (κ2) is 12.3. The van der Waals surface area contributed by atoms with Gasteiger partial charge in [0.2, 0.25) is 0 Å². The van der Waals surface area contributed by atoms with E-state index in [0.717, 1.165) is 54.0 Å². The maximum Gasteiger partial charge on any atom is 0.252 e. The zero-order valence-corrected chi connectivity index (χ0v) is 20.6. The van der Waals surface area contributed by atoms with Crippen molar-refractivity contribution in [2.24, 2.45) is 0 Å². The molecule has 0 atom stereocenters. The predicted molar refractivity (Wildman–Crippen MR) is 140 cm³/mol. The molecule has 1 heterocycles. The fourth-order valence-corrected chi connectivity index (χ4v) is 4.26. The van der Waals surface area contributed by atoms with Gasteiger partial charge in [-0.15, -0.1) is 0 Å². The Labute approximate surface area is 210 Å². The van der Waals surface area contributed by atoms with E-state index in [1.807, 2.05) is 54.6 Å². The molecule has 0 aliphatic rings. The number of methoxy groups -OCH3 is 1. The van der Waals surface area contributed by atoms with Crippen LogP contribution >= 0.6 is 11.6 Å². The fourth-order valence-electron chi connectivity index (χ4n) is 4.04. The second-order valence-electron chi connectivity index (χ2n) is 8.24. The van der Waals surface area contributed by atoms with E-state index >= 15 is 0 Å². The van der Waals surface area contributed by atoms with Gasteiger partial charge in [-0.2, -0.15) is 0 Å². The highest BCUT2D eigenvalue weighted by Crippen LogP contribution is 2.21. The normalized spacial score (nSPS) is 10.9. The van der Waals surface area contributed by atoms with Crippen LogP contribution in [0.5, 0.6) is 11.5 Å². The van der Waals surface area contributed by atoms with E-state index in [4.69, 9.17) is 26.1 Å². The first kappa shape index (κ1) is 24.6. The number of nitrogens with zero attached hydrogens (tertiary/aromatic N) is 2. The average molecular weight is 492 g/mol. The molecule has 0 bridgehead atoms. The van der Waals surface area contributed by atoms with E-state index < -0.39 is 0 Å². The summed E-state index contributed by atoms with van der Waals surface area (Å²) in [5, 5.41) is 3.42. The zero-order chi connectivity index (χ0) is 24.5. The number of imidazole rings is 1. The maximum absolute atomic E-state index is 12.3. The Morgan fingerprint density at radius 3 is 2.63 bits per heavy atom. The molecular formula is C28H30ClN3O3. The largest absolute Gasteiger partial charge is 0.497 e. The minimum absolute atomic E-state index is 0.131. The van der Waals surface area contributed by atoms with Crippen LogP contribution in [0.15, 0.2) is 72.8 Å². The van der Waals surface area contributed by atoms with Crippen molar-refractivity contribution in [2.45, 2.75) is 32.2 Å². The predicted octanol–water partition coefficient (Wildman–Crippen LogP) is 5.92. The number of hydrogen-bond donors (Lipinski definition) is 1. The summed E-state index contributed by atoms with van der Waals surface area (Å²) in [7, 11) is 1.65. The van der Waals surface area contributed by atoms with E-state index in [1.54, 1.807) is 19.2 Å². The number of nitrogens with one attached hydrogen (secondary N) is 1. The minimum atomic E-state index is -0.131. The number of fused-ring (bicyclic) bond motifs is 1. The lowest BCUT2D eigenvalue weighted by atomic mass is 10.1. The number of aryl methyl sites for hydroxylation is 1. The van der Waals surface area contributed by atoms with Gasteiger partial charge in [0.25, 0.3) is 5.91 Å². The van der Waals surface area contributed by atoms with E-state index in [1.165, 1.54) is 0 Å². The van der Waals surface area contributed by atoms with Crippen molar-refractivity contribution in [2.75, 3.05) is 20.3 Å². The number of hydrogen-bond acceptors (Lipinski definition) is 4. The van der Waals surface area contributed by atoms with E-state index in [-0.39, 0.29) is 5.91 Å². The number of halogens is 1. The van der Waals surface area contributed by atoms with Gasteiger partial charge in [0.15, 0.2) is 0 Å². The molecule has 4 aromatic rings. The van der Waals surface area contributed by atoms with Crippen molar-refractivity contribution < 1.29 is 14.3 Å². The van der Waals surface area contributed by atoms with Crippen LogP contribution in [-0.2, 0) is 13.0 Å². The number of unbranched alkanes of at least 4 members (excludes halogenated alkanes) is 2. The summed E-state index contributed by atoms with van der Waals surface area (Å²) in [6.45, 7) is 1.87. The Balaban J connectivity index is 1.28. The van der Waals surface area contributed by atoms with Crippen molar-refractivity contribution >= 4 is 28.5 Å². The van der Waals surface area contributed by atoms with Gasteiger partial charge in [0, 0.05) is 19.0 Å². The van der Waals surface area contributed by atoms with E-state index in [2.05, 4.69) is 16.0 Å². The smallest absolute Gasteiger partial charge is 0.252 e. The van der Waals surface area contributed by atoms with Crippen molar-refractivity contribution in [1.29, 1.82) is 0 Å². The van der Waals surface area contributed by atoms with Crippen molar-refractivity contribution in [3.63, 3.8) is 0 Å². The Hall–Kier alpha value is -3.51. The first-order valence-electron chi connectivity index (χ1n) is 11.9. The van der Waals surface area contributed by atoms with Crippen LogP contribution in [0.3, 0.4) is 0 Å². The van der Waals surface area contributed by atoms with E-state index in [0.29, 0.717) is 30.3 Å². The summed E-state index contributed by atoms with van der Waals surface area (Å²) < 4.78 is 13.5. The zero-order valence-electron chi connectivity index (χ0n) is 19.9. The molecule has 0 spiro atoms. The monoisotopic (exact) mass is 491 g/mol. The van der Waals surface area contributed by atoms with Gasteiger partial charge in [-0.25, -0.2) is 4.98 Å².